The van der Waals surface area contributed by atoms with Crippen LogP contribution in [0.4, 0.5) is 0 Å². The van der Waals surface area contributed by atoms with E-state index in [4.69, 9.17) is 4.74 Å². The summed E-state index contributed by atoms with van der Waals surface area (Å²) in [5.74, 6) is -1.00. The molecule has 0 aliphatic heterocycles. The average molecular weight is 313 g/mol. The van der Waals surface area contributed by atoms with Crippen LogP contribution in [0.1, 0.15) is 27.3 Å². The summed E-state index contributed by atoms with van der Waals surface area (Å²) in [6, 6.07) is 8.00. The van der Waals surface area contributed by atoms with Gasteiger partial charge in [-0.25, -0.2) is 9.78 Å². The zero-order chi connectivity index (χ0) is 16.7. The number of aryl methyl sites for hydroxylation is 2. The first-order chi connectivity index (χ1) is 11.1. The Hall–Kier alpha value is -2.76. The number of aromatic nitrogens is 2. The molecule has 2 aromatic rings. The number of hydrogen-bond acceptors (Lipinski definition) is 5. The lowest BCUT2D eigenvalue weighted by Gasteiger charge is -2.08. The van der Waals surface area contributed by atoms with E-state index >= 15 is 0 Å². The molecule has 0 bridgehead atoms. The number of hydrogen-bond donors (Lipinski definition) is 1. The van der Waals surface area contributed by atoms with Gasteiger partial charge in [-0.1, -0.05) is 24.3 Å². The molecule has 6 heteroatoms. The van der Waals surface area contributed by atoms with Crippen LogP contribution in [-0.4, -0.2) is 35.0 Å². The number of esters is 1. The van der Waals surface area contributed by atoms with Crippen LogP contribution in [0.2, 0.25) is 0 Å². The third-order valence-corrected chi connectivity index (χ3v) is 3.30. The number of nitrogens with zero attached hydrogens (tertiary/aromatic N) is 2. The van der Waals surface area contributed by atoms with Crippen molar-refractivity contribution in [3.05, 3.63) is 59.2 Å². The van der Waals surface area contributed by atoms with E-state index in [9.17, 15) is 9.59 Å². The van der Waals surface area contributed by atoms with Crippen LogP contribution in [0.25, 0.3) is 0 Å². The lowest BCUT2D eigenvalue weighted by molar-refractivity contribution is -0.124. The molecule has 1 aromatic heterocycles. The van der Waals surface area contributed by atoms with Gasteiger partial charge in [0.05, 0.1) is 11.9 Å². The lowest BCUT2D eigenvalue weighted by atomic mass is 10.1. The molecule has 120 valence electrons. The van der Waals surface area contributed by atoms with Gasteiger partial charge in [0, 0.05) is 12.7 Å². The number of ether oxygens (including phenoxy) is 1. The molecule has 1 heterocycles. The van der Waals surface area contributed by atoms with Crippen molar-refractivity contribution >= 4 is 11.9 Å². The molecule has 1 amide bonds. The Morgan fingerprint density at radius 3 is 2.61 bits per heavy atom. The van der Waals surface area contributed by atoms with Crippen LogP contribution in [0.15, 0.2) is 36.7 Å². The second-order valence-corrected chi connectivity index (χ2v) is 5.15. The van der Waals surface area contributed by atoms with Gasteiger partial charge >= 0.3 is 5.97 Å². The standard InChI is InChI=1S/C17H19N3O3/c1-12-5-3-4-6-14(12)7-8-18-16(21)11-23-17(22)15-10-19-13(2)9-20-15/h3-6,9-10H,7-8,11H2,1-2H3,(H,18,21). The first kappa shape index (κ1) is 16.6. The topological polar surface area (TPSA) is 81.2 Å². The first-order valence-corrected chi connectivity index (χ1v) is 7.33. The Kier molecular flexibility index (Phi) is 5.80. The fourth-order valence-corrected chi connectivity index (χ4v) is 1.98. The zero-order valence-electron chi connectivity index (χ0n) is 13.2. The van der Waals surface area contributed by atoms with Gasteiger partial charge in [-0.3, -0.25) is 9.78 Å². The Morgan fingerprint density at radius 2 is 1.91 bits per heavy atom. The molecule has 1 aromatic carbocycles. The summed E-state index contributed by atoms with van der Waals surface area (Å²) >= 11 is 0. The van der Waals surface area contributed by atoms with E-state index in [1.807, 2.05) is 31.2 Å². The summed E-state index contributed by atoms with van der Waals surface area (Å²) in [6.07, 6.45) is 3.53. The highest BCUT2D eigenvalue weighted by atomic mass is 16.5. The Morgan fingerprint density at radius 1 is 1.13 bits per heavy atom. The molecule has 0 fully saturated rings. The van der Waals surface area contributed by atoms with Gasteiger partial charge < -0.3 is 10.1 Å². The van der Waals surface area contributed by atoms with Gasteiger partial charge in [0.2, 0.25) is 0 Å². The van der Waals surface area contributed by atoms with Crippen LogP contribution >= 0.6 is 0 Å². The molecule has 6 nitrogen and oxygen atoms in total. The van der Waals surface area contributed by atoms with Gasteiger partial charge in [-0.05, 0) is 31.4 Å². The third kappa shape index (κ3) is 5.18. The maximum absolute atomic E-state index is 11.7. The van der Waals surface area contributed by atoms with Crippen LogP contribution in [0.5, 0.6) is 0 Å². The highest BCUT2D eigenvalue weighted by Crippen LogP contribution is 2.06. The number of carbonyl (C=O) groups is 2. The fraction of sp³-hybridized carbons (Fsp3) is 0.294. The normalized spacial score (nSPS) is 10.2. The highest BCUT2D eigenvalue weighted by Gasteiger charge is 2.11. The smallest absolute Gasteiger partial charge is 0.359 e. The molecule has 0 aliphatic carbocycles. The van der Waals surface area contributed by atoms with Crippen molar-refractivity contribution in [1.29, 1.82) is 0 Å². The van der Waals surface area contributed by atoms with E-state index in [1.54, 1.807) is 6.92 Å². The van der Waals surface area contributed by atoms with Gasteiger partial charge in [-0.15, -0.1) is 0 Å². The van der Waals surface area contributed by atoms with Crippen molar-refractivity contribution in [2.75, 3.05) is 13.2 Å². The third-order valence-electron chi connectivity index (χ3n) is 3.30. The predicted octanol–water partition coefficient (Wildman–Crippen LogP) is 1.61. The SMILES string of the molecule is Cc1cnc(C(=O)OCC(=O)NCCc2ccccc2C)cn1. The summed E-state index contributed by atoms with van der Waals surface area (Å²) in [4.78, 5) is 31.2. The molecule has 0 unspecified atom stereocenters. The maximum atomic E-state index is 11.7. The second-order valence-electron chi connectivity index (χ2n) is 5.15. The number of benzene rings is 1. The zero-order valence-corrected chi connectivity index (χ0v) is 13.2. The summed E-state index contributed by atoms with van der Waals surface area (Å²) in [7, 11) is 0. The maximum Gasteiger partial charge on any atom is 0.359 e. The molecule has 1 N–H and O–H groups in total. The fourth-order valence-electron chi connectivity index (χ4n) is 1.98. The van der Waals surface area contributed by atoms with E-state index in [0.717, 1.165) is 6.42 Å². The Bertz CT molecular complexity index is 684. The van der Waals surface area contributed by atoms with E-state index in [-0.39, 0.29) is 18.2 Å². The first-order valence-electron chi connectivity index (χ1n) is 7.33. The van der Waals surface area contributed by atoms with Gasteiger partial charge in [0.1, 0.15) is 0 Å². The van der Waals surface area contributed by atoms with Crippen molar-refractivity contribution in [2.24, 2.45) is 0 Å². The molecule has 0 atom stereocenters. The van der Waals surface area contributed by atoms with Crippen LogP contribution < -0.4 is 5.32 Å². The number of nitrogens with one attached hydrogen (secondary N) is 1. The second kappa shape index (κ2) is 8.03. The molecular formula is C17H19N3O3. The number of rotatable bonds is 6. The monoisotopic (exact) mass is 313 g/mol. The van der Waals surface area contributed by atoms with Crippen molar-refractivity contribution in [3.8, 4) is 0 Å². The minimum Gasteiger partial charge on any atom is -0.451 e. The van der Waals surface area contributed by atoms with E-state index in [0.29, 0.717) is 12.2 Å². The summed E-state index contributed by atoms with van der Waals surface area (Å²) in [6.45, 7) is 3.96. The molecule has 0 aliphatic rings. The molecule has 2 rings (SSSR count). The summed E-state index contributed by atoms with van der Waals surface area (Å²) < 4.78 is 4.90. The van der Waals surface area contributed by atoms with E-state index < -0.39 is 5.97 Å². The minimum absolute atomic E-state index is 0.0864. The molecule has 0 saturated carbocycles. The van der Waals surface area contributed by atoms with E-state index in [1.165, 1.54) is 23.5 Å². The highest BCUT2D eigenvalue weighted by molar-refractivity contribution is 5.89. The molecule has 0 spiro atoms. The summed E-state index contributed by atoms with van der Waals surface area (Å²) in [5, 5.41) is 2.72. The Labute approximate surface area is 134 Å². The predicted molar refractivity (Wildman–Crippen MR) is 84.9 cm³/mol. The number of carbonyl (C=O) groups excluding carboxylic acids is 2. The van der Waals surface area contributed by atoms with Crippen molar-refractivity contribution in [3.63, 3.8) is 0 Å². The molecule has 23 heavy (non-hydrogen) atoms. The lowest BCUT2D eigenvalue weighted by Crippen LogP contribution is -2.30. The van der Waals surface area contributed by atoms with Gasteiger partial charge in [0.15, 0.2) is 12.3 Å². The van der Waals surface area contributed by atoms with Crippen LogP contribution in [-0.2, 0) is 16.0 Å². The molecule has 0 saturated heterocycles. The Balaban J connectivity index is 1.72. The quantitative estimate of drug-likeness (QED) is 0.819. The van der Waals surface area contributed by atoms with Crippen molar-refractivity contribution in [2.45, 2.75) is 20.3 Å². The van der Waals surface area contributed by atoms with Gasteiger partial charge in [0.25, 0.3) is 5.91 Å². The van der Waals surface area contributed by atoms with Crippen LogP contribution in [0.3, 0.4) is 0 Å². The minimum atomic E-state index is -0.661. The van der Waals surface area contributed by atoms with Crippen LogP contribution in [0, 0.1) is 13.8 Å². The van der Waals surface area contributed by atoms with Crippen molar-refractivity contribution < 1.29 is 14.3 Å². The van der Waals surface area contributed by atoms with Crippen molar-refractivity contribution in [1.82, 2.24) is 15.3 Å². The number of amides is 1. The summed E-state index contributed by atoms with van der Waals surface area (Å²) in [5.41, 5.74) is 3.16. The largest absolute Gasteiger partial charge is 0.451 e. The van der Waals surface area contributed by atoms with E-state index in [2.05, 4.69) is 15.3 Å². The molecular weight excluding hydrogens is 294 g/mol. The van der Waals surface area contributed by atoms with Gasteiger partial charge in [-0.2, -0.15) is 0 Å². The average Bonchev–Trinajstić information content (AvgIpc) is 2.55. The molecule has 0 radical (unpaired) electrons.